The predicted octanol–water partition coefficient (Wildman–Crippen LogP) is 2.92. The first-order valence-electron chi connectivity index (χ1n) is 4.45. The molecule has 0 aromatic carbocycles. The van der Waals surface area contributed by atoms with E-state index in [1.807, 2.05) is 0 Å². The van der Waals surface area contributed by atoms with Gasteiger partial charge >= 0.3 is 19.7 Å². The third kappa shape index (κ3) is 6.40. The van der Waals surface area contributed by atoms with E-state index in [0.717, 1.165) is 0 Å². The number of alkyl halides is 5. The molecule has 98 valence electrons. The molecule has 0 aliphatic carbocycles. The Hall–Kier alpha value is -0.200. The van der Waals surface area contributed by atoms with Gasteiger partial charge in [0, 0.05) is 12.6 Å². The van der Waals surface area contributed by atoms with Crippen molar-refractivity contribution in [1.29, 1.82) is 0 Å². The van der Waals surface area contributed by atoms with E-state index in [1.165, 1.54) is 0 Å². The SMILES string of the molecule is O=P(O)(O)CCCCCC(F)(F)C(F)(F)F. The van der Waals surface area contributed by atoms with Gasteiger partial charge in [-0.3, -0.25) is 4.57 Å². The average molecular weight is 270 g/mol. The van der Waals surface area contributed by atoms with Crippen LogP contribution in [0.1, 0.15) is 25.7 Å². The molecule has 0 unspecified atom stereocenters. The molecular weight excluding hydrogens is 258 g/mol. The number of halogens is 5. The molecule has 0 aliphatic rings. The zero-order valence-corrected chi connectivity index (χ0v) is 9.07. The first kappa shape index (κ1) is 15.8. The van der Waals surface area contributed by atoms with Crippen LogP contribution in [0.4, 0.5) is 22.0 Å². The van der Waals surface area contributed by atoms with Crippen molar-refractivity contribution in [3.63, 3.8) is 0 Å². The third-order valence-corrected chi connectivity index (χ3v) is 2.75. The van der Waals surface area contributed by atoms with Crippen molar-refractivity contribution in [2.45, 2.75) is 37.8 Å². The molecule has 0 heterocycles. The third-order valence-electron chi connectivity index (χ3n) is 1.85. The number of rotatable bonds is 6. The molecule has 0 rings (SSSR count). The summed E-state index contributed by atoms with van der Waals surface area (Å²) in [5.74, 6) is -4.73. The number of hydrogen-bond donors (Lipinski definition) is 2. The van der Waals surface area contributed by atoms with Gasteiger partial charge in [0.05, 0.1) is 0 Å². The quantitative estimate of drug-likeness (QED) is 0.443. The Bertz CT molecular complexity index is 259. The molecule has 0 saturated heterocycles. The van der Waals surface area contributed by atoms with E-state index in [4.69, 9.17) is 9.79 Å². The Kier molecular flexibility index (Phi) is 5.35. The monoisotopic (exact) mass is 270 g/mol. The smallest absolute Gasteiger partial charge is 0.324 e. The minimum absolute atomic E-state index is 0.0712. The highest BCUT2D eigenvalue weighted by Gasteiger charge is 2.56. The van der Waals surface area contributed by atoms with Gasteiger partial charge in [-0.25, -0.2) is 0 Å². The van der Waals surface area contributed by atoms with E-state index in [9.17, 15) is 26.5 Å². The van der Waals surface area contributed by atoms with Crippen molar-refractivity contribution in [2.75, 3.05) is 6.16 Å². The first-order valence-corrected chi connectivity index (χ1v) is 6.24. The van der Waals surface area contributed by atoms with Crippen LogP contribution in [0.25, 0.3) is 0 Å². The van der Waals surface area contributed by atoms with E-state index in [0.29, 0.717) is 0 Å². The molecular formula is C7H12F5O3P. The van der Waals surface area contributed by atoms with Gasteiger partial charge in [-0.05, 0) is 12.8 Å². The fourth-order valence-electron chi connectivity index (χ4n) is 0.983. The fraction of sp³-hybridized carbons (Fsp3) is 1.00. The van der Waals surface area contributed by atoms with Crippen LogP contribution < -0.4 is 0 Å². The van der Waals surface area contributed by atoms with Gasteiger partial charge < -0.3 is 9.79 Å². The van der Waals surface area contributed by atoms with Crippen LogP contribution in [0.2, 0.25) is 0 Å². The van der Waals surface area contributed by atoms with Gasteiger partial charge in [0.25, 0.3) is 0 Å². The van der Waals surface area contributed by atoms with Crippen molar-refractivity contribution >= 4 is 7.60 Å². The van der Waals surface area contributed by atoms with Crippen molar-refractivity contribution in [3.05, 3.63) is 0 Å². The molecule has 0 spiro atoms. The number of hydrogen-bond acceptors (Lipinski definition) is 1. The Morgan fingerprint density at radius 3 is 1.81 bits per heavy atom. The molecule has 0 aromatic heterocycles. The van der Waals surface area contributed by atoms with E-state index in [1.54, 1.807) is 0 Å². The number of unbranched alkanes of at least 4 members (excludes halogenated alkanes) is 2. The minimum atomic E-state index is -5.56. The fourth-order valence-corrected chi connectivity index (χ4v) is 1.62. The highest BCUT2D eigenvalue weighted by Crippen LogP contribution is 2.40. The lowest BCUT2D eigenvalue weighted by Crippen LogP contribution is -2.36. The van der Waals surface area contributed by atoms with Gasteiger partial charge in [0.2, 0.25) is 0 Å². The molecule has 0 atom stereocenters. The molecule has 0 amide bonds. The summed E-state index contributed by atoms with van der Waals surface area (Å²) in [6, 6.07) is 0. The average Bonchev–Trinajstić information content (AvgIpc) is 1.98. The van der Waals surface area contributed by atoms with Crippen molar-refractivity contribution in [3.8, 4) is 0 Å². The van der Waals surface area contributed by atoms with Gasteiger partial charge in [-0.15, -0.1) is 0 Å². The van der Waals surface area contributed by atoms with Crippen LogP contribution in [-0.4, -0.2) is 28.0 Å². The summed E-state index contributed by atoms with van der Waals surface area (Å²) < 4.78 is 69.9. The summed E-state index contributed by atoms with van der Waals surface area (Å²) in [5.41, 5.74) is 0. The van der Waals surface area contributed by atoms with E-state index in [2.05, 4.69) is 0 Å². The van der Waals surface area contributed by atoms with Crippen molar-refractivity contribution in [1.82, 2.24) is 0 Å². The highest BCUT2D eigenvalue weighted by atomic mass is 31.2. The Balaban J connectivity index is 3.80. The van der Waals surface area contributed by atoms with Crippen LogP contribution in [0.3, 0.4) is 0 Å². The van der Waals surface area contributed by atoms with Crippen molar-refractivity contribution < 1.29 is 36.3 Å². The second-order valence-corrected chi connectivity index (χ2v) is 5.18. The van der Waals surface area contributed by atoms with Crippen LogP contribution in [0.15, 0.2) is 0 Å². The van der Waals surface area contributed by atoms with Crippen LogP contribution >= 0.6 is 7.60 Å². The summed E-state index contributed by atoms with van der Waals surface area (Å²) in [6.07, 6.45) is -7.97. The minimum Gasteiger partial charge on any atom is -0.324 e. The molecule has 0 fully saturated rings. The lowest BCUT2D eigenvalue weighted by atomic mass is 10.1. The normalized spacial score (nSPS) is 14.2. The molecule has 9 heteroatoms. The maximum Gasteiger partial charge on any atom is 0.453 e. The predicted molar refractivity (Wildman–Crippen MR) is 46.4 cm³/mol. The standard InChI is InChI=1S/C7H12F5O3P/c8-6(9,7(10,11)12)4-2-1-3-5-16(13,14)15/h1-5H2,(H2,13,14,15). The Morgan fingerprint density at radius 1 is 0.938 bits per heavy atom. The maximum absolute atomic E-state index is 12.3. The molecule has 0 aliphatic heterocycles. The maximum atomic E-state index is 12.3. The molecule has 2 N–H and O–H groups in total. The van der Waals surface area contributed by atoms with Gasteiger partial charge in [-0.2, -0.15) is 22.0 Å². The molecule has 0 bridgehead atoms. The largest absolute Gasteiger partial charge is 0.453 e. The van der Waals surface area contributed by atoms with Gasteiger partial charge in [-0.1, -0.05) is 6.42 Å². The van der Waals surface area contributed by atoms with Gasteiger partial charge in [0.15, 0.2) is 0 Å². The zero-order valence-electron chi connectivity index (χ0n) is 8.18. The summed E-state index contributed by atoms with van der Waals surface area (Å²) >= 11 is 0. The topological polar surface area (TPSA) is 57.5 Å². The van der Waals surface area contributed by atoms with E-state index < -0.39 is 38.7 Å². The summed E-state index contributed by atoms with van der Waals surface area (Å²) in [6.45, 7) is 0. The molecule has 0 saturated carbocycles. The Labute approximate surface area is 88.8 Å². The lowest BCUT2D eigenvalue weighted by Gasteiger charge is -2.19. The first-order chi connectivity index (χ1) is 6.96. The highest BCUT2D eigenvalue weighted by molar-refractivity contribution is 7.51. The second-order valence-electron chi connectivity index (χ2n) is 3.40. The molecule has 0 aromatic rings. The van der Waals surface area contributed by atoms with Crippen LogP contribution in [-0.2, 0) is 4.57 Å². The second kappa shape index (κ2) is 5.42. The summed E-state index contributed by atoms with van der Waals surface area (Å²) in [7, 11) is -4.19. The molecule has 16 heavy (non-hydrogen) atoms. The Morgan fingerprint density at radius 2 is 1.44 bits per heavy atom. The molecule has 3 nitrogen and oxygen atoms in total. The van der Waals surface area contributed by atoms with Crippen LogP contribution in [0, 0.1) is 0 Å². The van der Waals surface area contributed by atoms with E-state index in [-0.39, 0.29) is 12.8 Å². The molecule has 0 radical (unpaired) electrons. The zero-order chi connectivity index (χ0) is 13.0. The van der Waals surface area contributed by atoms with Gasteiger partial charge in [0.1, 0.15) is 0 Å². The lowest BCUT2D eigenvalue weighted by molar-refractivity contribution is -0.284. The van der Waals surface area contributed by atoms with Crippen LogP contribution in [0.5, 0.6) is 0 Å². The van der Waals surface area contributed by atoms with Crippen molar-refractivity contribution in [2.24, 2.45) is 0 Å². The summed E-state index contributed by atoms with van der Waals surface area (Å²) in [5, 5.41) is 0. The van der Waals surface area contributed by atoms with E-state index >= 15 is 0 Å². The summed E-state index contributed by atoms with van der Waals surface area (Å²) in [4.78, 5) is 16.8.